The first-order valence-electron chi connectivity index (χ1n) is 6.80. The van der Waals surface area contributed by atoms with E-state index in [2.05, 4.69) is 12.2 Å². The largest absolute Gasteiger partial charge is 0.497 e. The Hall–Kier alpha value is -1.87. The van der Waals surface area contributed by atoms with Crippen molar-refractivity contribution in [2.75, 3.05) is 19.5 Å². The molecule has 0 aliphatic heterocycles. The predicted octanol–water partition coefficient (Wildman–Crippen LogP) is 4.84. The number of halogens is 1. The molecular weight excluding hydrogens is 286 g/mol. The van der Waals surface area contributed by atoms with Gasteiger partial charge in [-0.1, -0.05) is 23.7 Å². The Kier molecular flexibility index (Phi) is 4.97. The smallest absolute Gasteiger partial charge is 0.124 e. The van der Waals surface area contributed by atoms with Crippen molar-refractivity contribution >= 4 is 17.3 Å². The summed E-state index contributed by atoms with van der Waals surface area (Å²) in [5.74, 6) is 1.62. The molecule has 1 atom stereocenters. The van der Waals surface area contributed by atoms with Gasteiger partial charge in [-0.15, -0.1) is 0 Å². The zero-order valence-electron chi connectivity index (χ0n) is 12.7. The third-order valence-electron chi connectivity index (χ3n) is 3.49. The maximum Gasteiger partial charge on any atom is 0.124 e. The minimum Gasteiger partial charge on any atom is -0.497 e. The molecule has 4 heteroatoms. The summed E-state index contributed by atoms with van der Waals surface area (Å²) >= 11 is 6.27. The van der Waals surface area contributed by atoms with E-state index in [0.29, 0.717) is 5.02 Å². The second-order valence-corrected chi connectivity index (χ2v) is 5.31. The van der Waals surface area contributed by atoms with Crippen LogP contribution in [0, 0.1) is 6.92 Å². The minimum atomic E-state index is 0.0358. The van der Waals surface area contributed by atoms with Gasteiger partial charge in [0.15, 0.2) is 0 Å². The fourth-order valence-corrected chi connectivity index (χ4v) is 2.56. The van der Waals surface area contributed by atoms with Crippen LogP contribution in [0.1, 0.15) is 24.1 Å². The molecule has 0 saturated carbocycles. The number of anilines is 1. The van der Waals surface area contributed by atoms with Crippen LogP contribution in [0.25, 0.3) is 0 Å². The lowest BCUT2D eigenvalue weighted by atomic mass is 10.1. The van der Waals surface area contributed by atoms with Crippen LogP contribution < -0.4 is 14.8 Å². The molecule has 112 valence electrons. The van der Waals surface area contributed by atoms with Crippen molar-refractivity contribution in [2.24, 2.45) is 0 Å². The number of ether oxygens (including phenoxy) is 2. The third-order valence-corrected chi connectivity index (χ3v) is 3.80. The molecule has 0 spiro atoms. The fraction of sp³-hybridized carbons (Fsp3) is 0.294. The van der Waals surface area contributed by atoms with Crippen LogP contribution in [0.15, 0.2) is 36.4 Å². The van der Waals surface area contributed by atoms with Gasteiger partial charge in [0.05, 0.1) is 31.0 Å². The number of methoxy groups -OCH3 is 2. The second-order valence-electron chi connectivity index (χ2n) is 4.91. The van der Waals surface area contributed by atoms with Crippen molar-refractivity contribution in [3.05, 3.63) is 52.5 Å². The van der Waals surface area contributed by atoms with Crippen LogP contribution >= 0.6 is 11.6 Å². The molecule has 0 aliphatic carbocycles. The molecule has 0 fully saturated rings. The lowest BCUT2D eigenvalue weighted by Gasteiger charge is -2.21. The Morgan fingerprint density at radius 3 is 2.48 bits per heavy atom. The number of nitrogens with one attached hydrogen (secondary N) is 1. The van der Waals surface area contributed by atoms with Crippen LogP contribution in [0.3, 0.4) is 0 Å². The van der Waals surface area contributed by atoms with Crippen molar-refractivity contribution in [1.29, 1.82) is 0 Å². The van der Waals surface area contributed by atoms with Gasteiger partial charge in [-0.05, 0) is 43.7 Å². The Morgan fingerprint density at radius 2 is 1.86 bits per heavy atom. The van der Waals surface area contributed by atoms with Gasteiger partial charge < -0.3 is 14.8 Å². The zero-order valence-corrected chi connectivity index (χ0v) is 13.5. The summed E-state index contributed by atoms with van der Waals surface area (Å²) in [6, 6.07) is 11.7. The quantitative estimate of drug-likeness (QED) is 0.857. The molecule has 2 aromatic rings. The van der Waals surface area contributed by atoms with E-state index in [0.717, 1.165) is 28.3 Å². The molecule has 1 unspecified atom stereocenters. The van der Waals surface area contributed by atoms with Gasteiger partial charge in [-0.3, -0.25) is 0 Å². The van der Waals surface area contributed by atoms with Crippen LogP contribution in [-0.4, -0.2) is 14.2 Å². The Morgan fingerprint density at radius 1 is 1.10 bits per heavy atom. The van der Waals surface area contributed by atoms with Crippen molar-refractivity contribution < 1.29 is 9.47 Å². The molecule has 2 aromatic carbocycles. The number of aryl methyl sites for hydroxylation is 1. The molecule has 1 N–H and O–H groups in total. The number of benzene rings is 2. The van der Waals surface area contributed by atoms with E-state index in [9.17, 15) is 0 Å². The standard InChI is InChI=1S/C17H20ClNO2/c1-11-6-5-7-15(18)17(11)19-12(2)14-10-13(20-3)8-9-16(14)21-4/h5-10,12,19H,1-4H3. The molecule has 3 nitrogen and oxygen atoms in total. The highest BCUT2D eigenvalue weighted by Gasteiger charge is 2.15. The maximum atomic E-state index is 6.27. The summed E-state index contributed by atoms with van der Waals surface area (Å²) in [6.07, 6.45) is 0. The number of para-hydroxylation sites is 1. The highest BCUT2D eigenvalue weighted by molar-refractivity contribution is 6.33. The molecule has 0 aliphatic rings. The Labute approximate surface area is 130 Å². The number of rotatable bonds is 5. The molecule has 0 radical (unpaired) electrons. The van der Waals surface area contributed by atoms with Crippen molar-refractivity contribution in [3.8, 4) is 11.5 Å². The van der Waals surface area contributed by atoms with Crippen molar-refractivity contribution in [2.45, 2.75) is 19.9 Å². The summed E-state index contributed by atoms with van der Waals surface area (Å²) in [7, 11) is 3.32. The first-order chi connectivity index (χ1) is 10.1. The Bertz CT molecular complexity index is 608. The number of hydrogen-bond donors (Lipinski definition) is 1. The van der Waals surface area contributed by atoms with Crippen LogP contribution in [0.2, 0.25) is 5.02 Å². The van der Waals surface area contributed by atoms with Crippen LogP contribution in [0.5, 0.6) is 11.5 Å². The molecule has 2 rings (SSSR count). The van der Waals surface area contributed by atoms with E-state index in [-0.39, 0.29) is 6.04 Å². The minimum absolute atomic E-state index is 0.0358. The Balaban J connectivity index is 2.33. The summed E-state index contributed by atoms with van der Waals surface area (Å²) in [5.41, 5.74) is 3.07. The predicted molar refractivity (Wildman–Crippen MR) is 87.8 cm³/mol. The van der Waals surface area contributed by atoms with Gasteiger partial charge in [-0.2, -0.15) is 0 Å². The van der Waals surface area contributed by atoms with Crippen LogP contribution in [-0.2, 0) is 0 Å². The molecule has 0 saturated heterocycles. The fourth-order valence-electron chi connectivity index (χ4n) is 2.29. The third kappa shape index (κ3) is 3.42. The summed E-state index contributed by atoms with van der Waals surface area (Å²) in [6.45, 7) is 4.10. The average molecular weight is 306 g/mol. The van der Waals surface area contributed by atoms with E-state index >= 15 is 0 Å². The van der Waals surface area contributed by atoms with Gasteiger partial charge in [-0.25, -0.2) is 0 Å². The highest BCUT2D eigenvalue weighted by Crippen LogP contribution is 2.34. The molecule has 0 heterocycles. The number of hydrogen-bond acceptors (Lipinski definition) is 3. The van der Waals surface area contributed by atoms with Crippen LogP contribution in [0.4, 0.5) is 5.69 Å². The van der Waals surface area contributed by atoms with E-state index in [1.54, 1.807) is 14.2 Å². The van der Waals surface area contributed by atoms with E-state index in [4.69, 9.17) is 21.1 Å². The average Bonchev–Trinajstić information content (AvgIpc) is 2.50. The molecule has 21 heavy (non-hydrogen) atoms. The van der Waals surface area contributed by atoms with E-state index in [1.807, 2.05) is 43.3 Å². The van der Waals surface area contributed by atoms with Gasteiger partial charge >= 0.3 is 0 Å². The van der Waals surface area contributed by atoms with Crippen molar-refractivity contribution in [3.63, 3.8) is 0 Å². The molecular formula is C17H20ClNO2. The van der Waals surface area contributed by atoms with Crippen molar-refractivity contribution in [1.82, 2.24) is 0 Å². The molecule has 0 bridgehead atoms. The zero-order chi connectivity index (χ0) is 15.4. The van der Waals surface area contributed by atoms with E-state index in [1.165, 1.54) is 0 Å². The van der Waals surface area contributed by atoms with Gasteiger partial charge in [0, 0.05) is 5.56 Å². The lowest BCUT2D eigenvalue weighted by molar-refractivity contribution is 0.397. The van der Waals surface area contributed by atoms with E-state index < -0.39 is 0 Å². The highest BCUT2D eigenvalue weighted by atomic mass is 35.5. The monoisotopic (exact) mass is 305 g/mol. The lowest BCUT2D eigenvalue weighted by Crippen LogP contribution is -2.10. The van der Waals surface area contributed by atoms with Gasteiger partial charge in [0.1, 0.15) is 11.5 Å². The van der Waals surface area contributed by atoms with Gasteiger partial charge in [0.25, 0.3) is 0 Å². The second kappa shape index (κ2) is 6.72. The first kappa shape index (κ1) is 15.5. The molecule has 0 aromatic heterocycles. The van der Waals surface area contributed by atoms with Gasteiger partial charge in [0.2, 0.25) is 0 Å². The summed E-state index contributed by atoms with van der Waals surface area (Å²) < 4.78 is 10.7. The summed E-state index contributed by atoms with van der Waals surface area (Å²) in [5, 5.41) is 4.17. The summed E-state index contributed by atoms with van der Waals surface area (Å²) in [4.78, 5) is 0. The molecule has 0 amide bonds. The first-order valence-corrected chi connectivity index (χ1v) is 7.18. The maximum absolute atomic E-state index is 6.27. The topological polar surface area (TPSA) is 30.5 Å². The normalized spacial score (nSPS) is 11.9. The SMILES string of the molecule is COc1ccc(OC)c(C(C)Nc2c(C)cccc2Cl)c1.